The van der Waals surface area contributed by atoms with Gasteiger partial charge in [-0.3, -0.25) is 4.79 Å². The van der Waals surface area contributed by atoms with Gasteiger partial charge in [-0.2, -0.15) is 0 Å². The molecule has 0 aliphatic rings. The monoisotopic (exact) mass is 221 g/mol. The van der Waals surface area contributed by atoms with E-state index in [1.165, 1.54) is 0 Å². The average molecular weight is 222 g/mol. The lowest BCUT2D eigenvalue weighted by Crippen LogP contribution is -2.25. The second-order valence-electron chi connectivity index (χ2n) is 3.14. The normalized spacial score (nSPS) is 9.40. The van der Waals surface area contributed by atoms with E-state index in [0.717, 1.165) is 5.69 Å². The van der Waals surface area contributed by atoms with E-state index in [2.05, 4.69) is 5.92 Å². The highest BCUT2D eigenvalue weighted by molar-refractivity contribution is 6.30. The van der Waals surface area contributed by atoms with Crippen LogP contribution in [0.5, 0.6) is 0 Å². The molecule has 0 unspecified atom stereocenters. The maximum absolute atomic E-state index is 11.6. The van der Waals surface area contributed by atoms with Crippen LogP contribution in [0, 0.1) is 12.3 Å². The molecule has 0 radical (unpaired) electrons. The first-order chi connectivity index (χ1) is 7.15. The van der Waals surface area contributed by atoms with Crippen LogP contribution in [0.25, 0.3) is 0 Å². The van der Waals surface area contributed by atoms with Crippen molar-refractivity contribution in [1.29, 1.82) is 0 Å². The van der Waals surface area contributed by atoms with Crippen molar-refractivity contribution in [2.24, 2.45) is 0 Å². The number of anilines is 1. The lowest BCUT2D eigenvalue weighted by molar-refractivity contribution is -0.118. The molecule has 0 saturated carbocycles. The average Bonchev–Trinajstić information content (AvgIpc) is 2.24. The molecule has 1 amide bonds. The molecule has 0 aromatic heterocycles. The van der Waals surface area contributed by atoms with Gasteiger partial charge in [-0.05, 0) is 18.2 Å². The van der Waals surface area contributed by atoms with E-state index in [4.69, 9.17) is 18.0 Å². The Morgan fingerprint density at radius 2 is 2.33 bits per heavy atom. The second kappa shape index (κ2) is 5.43. The molecule has 0 spiro atoms. The number of hydrogen-bond donors (Lipinski definition) is 0. The summed E-state index contributed by atoms with van der Waals surface area (Å²) in [5.74, 6) is 2.44. The van der Waals surface area contributed by atoms with Crippen LogP contribution in [-0.4, -0.2) is 13.0 Å². The summed E-state index contributed by atoms with van der Waals surface area (Å²) in [6.45, 7) is 0. The SMILES string of the molecule is C#CCCC(=O)N(C)c1cccc(Cl)c1. The Labute approximate surface area is 94.8 Å². The summed E-state index contributed by atoms with van der Waals surface area (Å²) in [6.07, 6.45) is 5.92. The van der Waals surface area contributed by atoms with Crippen molar-refractivity contribution < 1.29 is 4.79 Å². The minimum Gasteiger partial charge on any atom is -0.315 e. The van der Waals surface area contributed by atoms with E-state index in [1.807, 2.05) is 12.1 Å². The minimum atomic E-state index is -0.00443. The molecule has 0 bridgehead atoms. The van der Waals surface area contributed by atoms with E-state index in [9.17, 15) is 4.79 Å². The van der Waals surface area contributed by atoms with Crippen LogP contribution in [-0.2, 0) is 4.79 Å². The van der Waals surface area contributed by atoms with Gasteiger partial charge in [-0.15, -0.1) is 12.3 Å². The fourth-order valence-electron chi connectivity index (χ4n) is 1.18. The number of nitrogens with zero attached hydrogens (tertiary/aromatic N) is 1. The van der Waals surface area contributed by atoms with Gasteiger partial charge in [0.25, 0.3) is 0 Å². The van der Waals surface area contributed by atoms with Gasteiger partial charge in [-0.25, -0.2) is 0 Å². The summed E-state index contributed by atoms with van der Waals surface area (Å²) >= 11 is 5.83. The highest BCUT2D eigenvalue weighted by Gasteiger charge is 2.09. The fourth-order valence-corrected chi connectivity index (χ4v) is 1.36. The van der Waals surface area contributed by atoms with Gasteiger partial charge < -0.3 is 4.90 Å². The standard InChI is InChI=1S/C12H12ClNO/c1-3-4-8-12(15)14(2)11-7-5-6-10(13)9-11/h1,5-7,9H,4,8H2,2H3. The quantitative estimate of drug-likeness (QED) is 0.719. The van der Waals surface area contributed by atoms with Crippen LogP contribution in [0.3, 0.4) is 0 Å². The summed E-state index contributed by atoms with van der Waals surface area (Å²) in [7, 11) is 1.71. The Morgan fingerprint density at radius 3 is 2.93 bits per heavy atom. The maximum atomic E-state index is 11.6. The molecule has 0 fully saturated rings. The third kappa shape index (κ3) is 3.30. The zero-order valence-corrected chi connectivity index (χ0v) is 9.29. The number of halogens is 1. The zero-order chi connectivity index (χ0) is 11.3. The summed E-state index contributed by atoms with van der Waals surface area (Å²) in [6, 6.07) is 7.16. The Hall–Kier alpha value is -1.46. The molecule has 1 aromatic carbocycles. The highest BCUT2D eigenvalue weighted by atomic mass is 35.5. The van der Waals surface area contributed by atoms with E-state index in [1.54, 1.807) is 24.1 Å². The number of hydrogen-bond acceptors (Lipinski definition) is 1. The van der Waals surface area contributed by atoms with Crippen LogP contribution in [0.2, 0.25) is 5.02 Å². The molecule has 3 heteroatoms. The maximum Gasteiger partial charge on any atom is 0.227 e. The van der Waals surface area contributed by atoms with Crippen LogP contribution in [0.4, 0.5) is 5.69 Å². The topological polar surface area (TPSA) is 20.3 Å². The van der Waals surface area contributed by atoms with Crippen molar-refractivity contribution in [3.05, 3.63) is 29.3 Å². The molecule has 0 aliphatic heterocycles. The third-order valence-corrected chi connectivity index (χ3v) is 2.29. The van der Waals surface area contributed by atoms with Gasteiger partial charge in [0, 0.05) is 30.6 Å². The van der Waals surface area contributed by atoms with Crippen LogP contribution >= 0.6 is 11.6 Å². The summed E-state index contributed by atoms with van der Waals surface area (Å²) in [5.41, 5.74) is 0.782. The third-order valence-electron chi connectivity index (χ3n) is 2.05. The molecule has 0 saturated heterocycles. The van der Waals surface area contributed by atoms with E-state index in [-0.39, 0.29) is 5.91 Å². The Morgan fingerprint density at radius 1 is 1.60 bits per heavy atom. The molecular weight excluding hydrogens is 210 g/mol. The summed E-state index contributed by atoms with van der Waals surface area (Å²) in [5, 5.41) is 0.615. The van der Waals surface area contributed by atoms with E-state index in [0.29, 0.717) is 17.9 Å². The first-order valence-electron chi connectivity index (χ1n) is 4.60. The highest BCUT2D eigenvalue weighted by Crippen LogP contribution is 2.18. The first-order valence-corrected chi connectivity index (χ1v) is 4.98. The van der Waals surface area contributed by atoms with Crippen LogP contribution in [0.1, 0.15) is 12.8 Å². The van der Waals surface area contributed by atoms with E-state index >= 15 is 0 Å². The number of benzene rings is 1. The first kappa shape index (κ1) is 11.6. The molecule has 0 heterocycles. The largest absolute Gasteiger partial charge is 0.315 e. The molecule has 1 aromatic rings. The van der Waals surface area contributed by atoms with E-state index < -0.39 is 0 Å². The van der Waals surface area contributed by atoms with Crippen molar-refractivity contribution in [1.82, 2.24) is 0 Å². The molecule has 78 valence electrons. The zero-order valence-electron chi connectivity index (χ0n) is 8.53. The van der Waals surface area contributed by atoms with Crippen molar-refractivity contribution in [3.8, 4) is 12.3 Å². The second-order valence-corrected chi connectivity index (χ2v) is 3.57. The number of terminal acetylenes is 1. The Bertz CT molecular complexity index is 395. The van der Waals surface area contributed by atoms with Gasteiger partial charge >= 0.3 is 0 Å². The lowest BCUT2D eigenvalue weighted by Gasteiger charge is -2.16. The van der Waals surface area contributed by atoms with Gasteiger partial charge in [0.05, 0.1) is 0 Å². The molecule has 0 N–H and O–H groups in total. The Kier molecular flexibility index (Phi) is 4.20. The molecular formula is C12H12ClNO. The lowest BCUT2D eigenvalue weighted by atomic mass is 10.2. The van der Waals surface area contributed by atoms with Crippen molar-refractivity contribution in [2.45, 2.75) is 12.8 Å². The predicted octanol–water partition coefficient (Wildman–Crippen LogP) is 2.72. The smallest absolute Gasteiger partial charge is 0.227 e. The van der Waals surface area contributed by atoms with Crippen molar-refractivity contribution >= 4 is 23.2 Å². The number of rotatable bonds is 3. The fraction of sp³-hybridized carbons (Fsp3) is 0.250. The van der Waals surface area contributed by atoms with Crippen LogP contribution < -0.4 is 4.90 Å². The van der Waals surface area contributed by atoms with Gasteiger partial charge in [0.15, 0.2) is 0 Å². The van der Waals surface area contributed by atoms with Crippen LogP contribution in [0.15, 0.2) is 24.3 Å². The molecule has 1 rings (SSSR count). The number of amides is 1. The number of carbonyl (C=O) groups is 1. The van der Waals surface area contributed by atoms with Gasteiger partial charge in [0.1, 0.15) is 0 Å². The van der Waals surface area contributed by atoms with Crippen molar-refractivity contribution in [3.63, 3.8) is 0 Å². The summed E-state index contributed by atoms with van der Waals surface area (Å²) < 4.78 is 0. The molecule has 15 heavy (non-hydrogen) atoms. The minimum absolute atomic E-state index is 0.00443. The predicted molar refractivity (Wildman–Crippen MR) is 62.9 cm³/mol. The molecule has 0 aliphatic carbocycles. The number of carbonyl (C=O) groups excluding carboxylic acids is 1. The van der Waals surface area contributed by atoms with Gasteiger partial charge in [0.2, 0.25) is 5.91 Å². The van der Waals surface area contributed by atoms with Gasteiger partial charge in [-0.1, -0.05) is 17.7 Å². The van der Waals surface area contributed by atoms with Crippen molar-refractivity contribution in [2.75, 3.05) is 11.9 Å². The molecule has 2 nitrogen and oxygen atoms in total. The molecule has 0 atom stereocenters. The summed E-state index contributed by atoms with van der Waals surface area (Å²) in [4.78, 5) is 13.2. The Balaban J connectivity index is 2.72.